The van der Waals surface area contributed by atoms with E-state index in [-0.39, 0.29) is 23.2 Å². The van der Waals surface area contributed by atoms with Crippen LogP contribution in [0.25, 0.3) is 0 Å². The predicted molar refractivity (Wildman–Crippen MR) is 71.4 cm³/mol. The molecular weight excluding hydrogens is 309 g/mol. The standard InChI is InChI=1S/C12H19F3N2O3S/c1-7(2)16-5-10-8(3)20-9(4)11(10)21(18,19)17-6-12(13,14)15/h7,16-17H,5-6H2,1-4H3. The highest BCUT2D eigenvalue weighted by Crippen LogP contribution is 2.27. The first-order valence-corrected chi connectivity index (χ1v) is 7.81. The van der Waals surface area contributed by atoms with Gasteiger partial charge in [-0.1, -0.05) is 13.8 Å². The largest absolute Gasteiger partial charge is 0.465 e. The zero-order valence-corrected chi connectivity index (χ0v) is 13.1. The van der Waals surface area contributed by atoms with Crippen molar-refractivity contribution in [3.63, 3.8) is 0 Å². The Hall–Kier alpha value is -1.06. The molecule has 1 rings (SSSR count). The molecule has 122 valence electrons. The van der Waals surface area contributed by atoms with Crippen LogP contribution in [0.2, 0.25) is 0 Å². The molecule has 1 heterocycles. The van der Waals surface area contributed by atoms with Crippen LogP contribution in [0.1, 0.15) is 30.9 Å². The van der Waals surface area contributed by atoms with E-state index in [1.54, 1.807) is 11.6 Å². The summed E-state index contributed by atoms with van der Waals surface area (Å²) in [6.07, 6.45) is -4.61. The third-order valence-electron chi connectivity index (χ3n) is 2.74. The maximum absolute atomic E-state index is 12.2. The molecule has 0 spiro atoms. The summed E-state index contributed by atoms with van der Waals surface area (Å²) in [6, 6.07) is 0.0956. The molecule has 2 N–H and O–H groups in total. The minimum Gasteiger partial charge on any atom is -0.465 e. The van der Waals surface area contributed by atoms with Crippen molar-refractivity contribution in [1.82, 2.24) is 10.0 Å². The Bertz CT molecular complexity index is 592. The van der Waals surface area contributed by atoms with Gasteiger partial charge in [0.2, 0.25) is 10.0 Å². The Kier molecular flexibility index (Phi) is 5.46. The van der Waals surface area contributed by atoms with Crippen molar-refractivity contribution < 1.29 is 26.0 Å². The number of alkyl halides is 3. The van der Waals surface area contributed by atoms with E-state index in [1.807, 2.05) is 13.8 Å². The SMILES string of the molecule is Cc1oc(C)c(S(=O)(=O)NCC(F)(F)F)c1CNC(C)C. The molecule has 0 aliphatic heterocycles. The third kappa shape index (κ3) is 5.01. The second-order valence-corrected chi connectivity index (χ2v) is 6.70. The summed E-state index contributed by atoms with van der Waals surface area (Å²) in [5.74, 6) is 0.441. The van der Waals surface area contributed by atoms with Crippen molar-refractivity contribution in [2.45, 2.75) is 51.4 Å². The number of aryl methyl sites for hydroxylation is 2. The Morgan fingerprint density at radius 2 is 1.76 bits per heavy atom. The summed E-state index contributed by atoms with van der Waals surface area (Å²) in [5, 5.41) is 3.03. The molecule has 1 aromatic rings. The van der Waals surface area contributed by atoms with Gasteiger partial charge in [0.05, 0.1) is 0 Å². The molecule has 0 bridgehead atoms. The Morgan fingerprint density at radius 1 is 1.19 bits per heavy atom. The normalized spacial score (nSPS) is 13.1. The minimum absolute atomic E-state index is 0.0720. The topological polar surface area (TPSA) is 71.3 Å². The summed E-state index contributed by atoms with van der Waals surface area (Å²) in [5.41, 5.74) is 0.343. The van der Waals surface area contributed by atoms with Crippen LogP contribution < -0.4 is 10.0 Å². The summed E-state index contributed by atoms with van der Waals surface area (Å²) >= 11 is 0. The van der Waals surface area contributed by atoms with Gasteiger partial charge in [-0.25, -0.2) is 13.1 Å². The van der Waals surface area contributed by atoms with Crippen molar-refractivity contribution in [3.8, 4) is 0 Å². The molecule has 5 nitrogen and oxygen atoms in total. The van der Waals surface area contributed by atoms with E-state index in [1.165, 1.54) is 6.92 Å². The Labute approximate surface area is 122 Å². The van der Waals surface area contributed by atoms with Crippen LogP contribution in [-0.4, -0.2) is 27.2 Å². The third-order valence-corrected chi connectivity index (χ3v) is 4.34. The van der Waals surface area contributed by atoms with Gasteiger partial charge in [0, 0.05) is 18.2 Å². The minimum atomic E-state index is -4.61. The zero-order chi connectivity index (χ0) is 16.4. The number of nitrogens with one attached hydrogen (secondary N) is 2. The van der Waals surface area contributed by atoms with Crippen LogP contribution in [0.3, 0.4) is 0 Å². The van der Waals surface area contributed by atoms with Gasteiger partial charge in [-0.05, 0) is 13.8 Å². The van der Waals surface area contributed by atoms with Crippen LogP contribution in [0.15, 0.2) is 9.31 Å². The van der Waals surface area contributed by atoms with Crippen molar-refractivity contribution >= 4 is 10.0 Å². The van der Waals surface area contributed by atoms with Gasteiger partial charge in [-0.15, -0.1) is 0 Å². The monoisotopic (exact) mass is 328 g/mol. The fourth-order valence-electron chi connectivity index (χ4n) is 1.82. The van der Waals surface area contributed by atoms with Gasteiger partial charge >= 0.3 is 6.18 Å². The molecule has 0 atom stereocenters. The molecule has 0 saturated carbocycles. The maximum atomic E-state index is 12.2. The van der Waals surface area contributed by atoms with Gasteiger partial charge in [0.1, 0.15) is 23.0 Å². The van der Waals surface area contributed by atoms with Crippen LogP contribution in [-0.2, 0) is 16.6 Å². The molecule has 0 unspecified atom stereocenters. The molecule has 0 aromatic carbocycles. The van der Waals surface area contributed by atoms with Gasteiger partial charge < -0.3 is 9.73 Å². The van der Waals surface area contributed by atoms with E-state index in [2.05, 4.69) is 5.32 Å². The lowest BCUT2D eigenvalue weighted by molar-refractivity contribution is -0.121. The number of sulfonamides is 1. The van der Waals surface area contributed by atoms with Gasteiger partial charge in [0.25, 0.3) is 0 Å². The molecule has 0 aliphatic carbocycles. The van der Waals surface area contributed by atoms with Gasteiger partial charge in [0.15, 0.2) is 0 Å². The van der Waals surface area contributed by atoms with E-state index >= 15 is 0 Å². The summed E-state index contributed by atoms with van der Waals surface area (Å²) in [4.78, 5) is -0.225. The highest BCUT2D eigenvalue weighted by Gasteiger charge is 2.33. The van der Waals surface area contributed by atoms with E-state index in [9.17, 15) is 21.6 Å². The lowest BCUT2D eigenvalue weighted by Crippen LogP contribution is -2.34. The number of rotatable bonds is 6. The lowest BCUT2D eigenvalue weighted by atomic mass is 10.2. The summed E-state index contributed by atoms with van der Waals surface area (Å²) in [7, 11) is -4.29. The molecule has 0 amide bonds. The molecular formula is C12H19F3N2O3S. The van der Waals surface area contributed by atoms with Crippen molar-refractivity contribution in [2.24, 2.45) is 0 Å². The fraction of sp³-hybridized carbons (Fsp3) is 0.667. The Balaban J connectivity index is 3.10. The summed E-state index contributed by atoms with van der Waals surface area (Å²) in [6.45, 7) is 5.32. The number of hydrogen-bond donors (Lipinski definition) is 2. The van der Waals surface area contributed by atoms with Crippen molar-refractivity contribution in [2.75, 3.05) is 6.54 Å². The second-order valence-electron chi connectivity index (χ2n) is 5.00. The molecule has 0 aliphatic rings. The van der Waals surface area contributed by atoms with Crippen LogP contribution in [0.5, 0.6) is 0 Å². The summed E-state index contributed by atoms with van der Waals surface area (Å²) < 4.78 is 67.6. The first kappa shape index (κ1) is 18.0. The average molecular weight is 328 g/mol. The lowest BCUT2D eigenvalue weighted by Gasteiger charge is -2.12. The molecule has 0 saturated heterocycles. The molecule has 21 heavy (non-hydrogen) atoms. The van der Waals surface area contributed by atoms with E-state index in [0.29, 0.717) is 11.3 Å². The molecule has 9 heteroatoms. The Morgan fingerprint density at radius 3 is 2.24 bits per heavy atom. The highest BCUT2D eigenvalue weighted by atomic mass is 32.2. The van der Waals surface area contributed by atoms with Crippen LogP contribution >= 0.6 is 0 Å². The second kappa shape index (κ2) is 6.37. The van der Waals surface area contributed by atoms with Crippen LogP contribution in [0, 0.1) is 13.8 Å². The van der Waals surface area contributed by atoms with E-state index in [4.69, 9.17) is 4.42 Å². The van der Waals surface area contributed by atoms with E-state index in [0.717, 1.165) is 0 Å². The molecule has 0 radical (unpaired) electrons. The van der Waals surface area contributed by atoms with Crippen molar-refractivity contribution in [1.29, 1.82) is 0 Å². The maximum Gasteiger partial charge on any atom is 0.402 e. The number of furan rings is 1. The predicted octanol–water partition coefficient (Wildman–Crippen LogP) is 2.24. The molecule has 0 fully saturated rings. The first-order valence-electron chi connectivity index (χ1n) is 6.32. The van der Waals surface area contributed by atoms with E-state index < -0.39 is 22.7 Å². The zero-order valence-electron chi connectivity index (χ0n) is 12.3. The number of halogens is 3. The molecule has 1 aromatic heterocycles. The van der Waals surface area contributed by atoms with Gasteiger partial charge in [-0.2, -0.15) is 13.2 Å². The number of hydrogen-bond acceptors (Lipinski definition) is 4. The highest BCUT2D eigenvalue weighted by molar-refractivity contribution is 7.89. The van der Waals surface area contributed by atoms with Crippen LogP contribution in [0.4, 0.5) is 13.2 Å². The first-order chi connectivity index (χ1) is 9.44. The quantitative estimate of drug-likeness (QED) is 0.840. The fourth-order valence-corrected chi connectivity index (χ4v) is 3.28. The van der Waals surface area contributed by atoms with Gasteiger partial charge in [-0.3, -0.25) is 0 Å². The van der Waals surface area contributed by atoms with Crippen molar-refractivity contribution in [3.05, 3.63) is 17.1 Å². The average Bonchev–Trinajstić information content (AvgIpc) is 2.58. The smallest absolute Gasteiger partial charge is 0.402 e.